The highest BCUT2D eigenvalue weighted by atomic mass is 16.6. The van der Waals surface area contributed by atoms with Gasteiger partial charge in [-0.2, -0.15) is 0 Å². The highest BCUT2D eigenvalue weighted by Crippen LogP contribution is 2.34. The lowest BCUT2D eigenvalue weighted by Crippen LogP contribution is -2.34. The average molecular weight is 266 g/mol. The van der Waals surface area contributed by atoms with Crippen LogP contribution >= 0.6 is 0 Å². The third-order valence-electron chi connectivity index (χ3n) is 3.45. The van der Waals surface area contributed by atoms with Crippen molar-refractivity contribution in [3.63, 3.8) is 0 Å². The zero-order chi connectivity index (χ0) is 13.8. The lowest BCUT2D eigenvalue weighted by atomic mass is 10.1. The van der Waals surface area contributed by atoms with Crippen molar-refractivity contribution in [3.05, 3.63) is 16.4 Å². The van der Waals surface area contributed by atoms with Crippen LogP contribution in [-0.2, 0) is 0 Å². The average Bonchev–Trinajstić information content (AvgIpc) is 2.62. The van der Waals surface area contributed by atoms with Gasteiger partial charge in [-0.15, -0.1) is 0 Å². The summed E-state index contributed by atoms with van der Waals surface area (Å²) < 4.78 is 0. The molecule has 1 aromatic rings. The molecular weight excluding hydrogens is 248 g/mol. The van der Waals surface area contributed by atoms with Crippen molar-refractivity contribution in [2.24, 2.45) is 5.84 Å². The van der Waals surface area contributed by atoms with Gasteiger partial charge >= 0.3 is 5.69 Å². The van der Waals surface area contributed by atoms with Gasteiger partial charge in [0, 0.05) is 12.6 Å². The molecule has 2 rings (SSSR count). The molecule has 8 heteroatoms. The molecule has 19 heavy (non-hydrogen) atoms. The van der Waals surface area contributed by atoms with E-state index in [4.69, 9.17) is 5.84 Å². The lowest BCUT2D eigenvalue weighted by Gasteiger charge is -2.27. The Morgan fingerprint density at radius 2 is 2.26 bits per heavy atom. The molecule has 1 unspecified atom stereocenters. The highest BCUT2D eigenvalue weighted by molar-refractivity contribution is 5.70. The molecular formula is C11H18N6O2. The number of rotatable bonds is 3. The van der Waals surface area contributed by atoms with Gasteiger partial charge in [0.1, 0.15) is 6.33 Å². The van der Waals surface area contributed by atoms with Crippen LogP contribution in [0.5, 0.6) is 0 Å². The third-order valence-corrected chi connectivity index (χ3v) is 3.45. The molecule has 0 bridgehead atoms. The number of hydrogen-bond acceptors (Lipinski definition) is 7. The Bertz CT molecular complexity index is 466. The summed E-state index contributed by atoms with van der Waals surface area (Å²) in [5.74, 6) is 5.69. The Balaban J connectivity index is 2.45. The van der Waals surface area contributed by atoms with Gasteiger partial charge in [-0.1, -0.05) is 12.8 Å². The first-order valence-corrected chi connectivity index (χ1v) is 6.37. The van der Waals surface area contributed by atoms with Gasteiger partial charge in [-0.3, -0.25) is 10.1 Å². The van der Waals surface area contributed by atoms with Gasteiger partial charge in [0.2, 0.25) is 11.6 Å². The maximum absolute atomic E-state index is 11.2. The first-order valence-electron chi connectivity index (χ1n) is 6.37. The van der Waals surface area contributed by atoms with Crippen LogP contribution in [0.1, 0.15) is 32.6 Å². The quantitative estimate of drug-likeness (QED) is 0.483. The standard InChI is InChI=1S/C11H18N6O2/c1-8-5-3-2-4-6-16(8)11-9(17(18)19)10(15-12)13-7-14-11/h7-8H,2-6,12H2,1H3,(H,13,14,15). The van der Waals surface area contributed by atoms with E-state index in [2.05, 4.69) is 22.3 Å². The number of anilines is 2. The van der Waals surface area contributed by atoms with E-state index in [1.54, 1.807) is 0 Å². The molecule has 1 atom stereocenters. The smallest absolute Gasteiger partial charge is 0.348 e. The normalized spacial score (nSPS) is 19.9. The first-order chi connectivity index (χ1) is 9.15. The van der Waals surface area contributed by atoms with Crippen LogP contribution in [0.15, 0.2) is 6.33 Å². The van der Waals surface area contributed by atoms with Gasteiger partial charge in [-0.05, 0) is 19.8 Å². The van der Waals surface area contributed by atoms with E-state index in [-0.39, 0.29) is 17.5 Å². The van der Waals surface area contributed by atoms with Crippen molar-refractivity contribution in [2.45, 2.75) is 38.6 Å². The van der Waals surface area contributed by atoms with Crippen molar-refractivity contribution >= 4 is 17.3 Å². The third kappa shape index (κ3) is 2.73. The summed E-state index contributed by atoms with van der Waals surface area (Å²) in [6, 6.07) is 0.224. The number of hydrazine groups is 1. The van der Waals surface area contributed by atoms with E-state index in [0.717, 1.165) is 32.2 Å². The van der Waals surface area contributed by atoms with Gasteiger partial charge < -0.3 is 10.3 Å². The van der Waals surface area contributed by atoms with Crippen molar-refractivity contribution in [1.29, 1.82) is 0 Å². The minimum Gasteiger partial charge on any atom is -0.348 e. The summed E-state index contributed by atoms with van der Waals surface area (Å²) in [6.07, 6.45) is 5.60. The summed E-state index contributed by atoms with van der Waals surface area (Å²) in [7, 11) is 0. The molecule has 1 aromatic heterocycles. The summed E-state index contributed by atoms with van der Waals surface area (Å²) in [5, 5.41) is 11.2. The van der Waals surface area contributed by atoms with Crippen molar-refractivity contribution in [2.75, 3.05) is 16.9 Å². The maximum atomic E-state index is 11.2. The van der Waals surface area contributed by atoms with Crippen molar-refractivity contribution < 1.29 is 4.92 Å². The summed E-state index contributed by atoms with van der Waals surface area (Å²) >= 11 is 0. The highest BCUT2D eigenvalue weighted by Gasteiger charge is 2.29. The van der Waals surface area contributed by atoms with Gasteiger partial charge in [0.05, 0.1) is 4.92 Å². The predicted molar refractivity (Wildman–Crippen MR) is 71.8 cm³/mol. The molecule has 1 fully saturated rings. The molecule has 1 aliphatic rings. The largest absolute Gasteiger partial charge is 0.354 e. The van der Waals surface area contributed by atoms with Crippen molar-refractivity contribution in [3.8, 4) is 0 Å². The van der Waals surface area contributed by atoms with Gasteiger partial charge in [-0.25, -0.2) is 15.8 Å². The number of aromatic nitrogens is 2. The first kappa shape index (κ1) is 13.5. The Morgan fingerprint density at radius 3 is 2.95 bits per heavy atom. The molecule has 2 heterocycles. The van der Waals surface area contributed by atoms with Crippen LogP contribution in [0.3, 0.4) is 0 Å². The molecule has 0 aromatic carbocycles. The number of nitrogens with two attached hydrogens (primary N) is 1. The second-order valence-corrected chi connectivity index (χ2v) is 4.69. The van der Waals surface area contributed by atoms with Crippen LogP contribution in [-0.4, -0.2) is 27.5 Å². The van der Waals surface area contributed by atoms with E-state index >= 15 is 0 Å². The Labute approximate surface area is 111 Å². The number of nitrogen functional groups attached to an aromatic ring is 1. The fourth-order valence-corrected chi connectivity index (χ4v) is 2.44. The molecule has 1 saturated heterocycles. The number of nitrogens with zero attached hydrogens (tertiary/aromatic N) is 4. The van der Waals surface area contributed by atoms with Crippen LogP contribution < -0.4 is 16.2 Å². The molecule has 0 spiro atoms. The summed E-state index contributed by atoms with van der Waals surface area (Å²) in [5.41, 5.74) is 2.11. The molecule has 8 nitrogen and oxygen atoms in total. The Hall–Kier alpha value is -1.96. The molecule has 104 valence electrons. The minimum atomic E-state index is -0.484. The maximum Gasteiger partial charge on any atom is 0.354 e. The Kier molecular flexibility index (Phi) is 4.10. The van der Waals surface area contributed by atoms with E-state index < -0.39 is 4.92 Å². The van der Waals surface area contributed by atoms with E-state index in [9.17, 15) is 10.1 Å². The second-order valence-electron chi connectivity index (χ2n) is 4.69. The molecule has 0 amide bonds. The zero-order valence-electron chi connectivity index (χ0n) is 10.9. The molecule has 3 N–H and O–H groups in total. The second kappa shape index (κ2) is 5.79. The fourth-order valence-electron chi connectivity index (χ4n) is 2.44. The number of nitro groups is 1. The number of nitrogens with one attached hydrogen (secondary N) is 1. The van der Waals surface area contributed by atoms with E-state index in [1.807, 2.05) is 4.90 Å². The van der Waals surface area contributed by atoms with E-state index in [1.165, 1.54) is 6.33 Å². The molecule has 0 radical (unpaired) electrons. The predicted octanol–water partition coefficient (Wildman–Crippen LogP) is 1.44. The van der Waals surface area contributed by atoms with Crippen LogP contribution in [0.2, 0.25) is 0 Å². The van der Waals surface area contributed by atoms with E-state index in [0.29, 0.717) is 5.82 Å². The van der Waals surface area contributed by atoms with Crippen LogP contribution in [0.25, 0.3) is 0 Å². The fraction of sp³-hybridized carbons (Fsp3) is 0.636. The SMILES string of the molecule is CC1CCCCCN1c1ncnc(NN)c1[N+](=O)[O-]. The monoisotopic (exact) mass is 266 g/mol. The summed E-state index contributed by atoms with van der Waals surface area (Å²) in [6.45, 7) is 2.83. The molecule has 0 saturated carbocycles. The minimum absolute atomic E-state index is 0.0476. The van der Waals surface area contributed by atoms with Crippen LogP contribution in [0, 0.1) is 10.1 Å². The van der Waals surface area contributed by atoms with Crippen molar-refractivity contribution in [1.82, 2.24) is 9.97 Å². The molecule has 0 aliphatic carbocycles. The number of hydrogen-bond donors (Lipinski definition) is 2. The zero-order valence-corrected chi connectivity index (χ0v) is 10.9. The summed E-state index contributed by atoms with van der Waals surface area (Å²) in [4.78, 5) is 20.6. The van der Waals surface area contributed by atoms with Gasteiger partial charge in [0.15, 0.2) is 0 Å². The van der Waals surface area contributed by atoms with Crippen LogP contribution in [0.4, 0.5) is 17.3 Å². The Morgan fingerprint density at radius 1 is 1.47 bits per heavy atom. The molecule has 1 aliphatic heterocycles. The topological polar surface area (TPSA) is 110 Å². The van der Waals surface area contributed by atoms with Gasteiger partial charge in [0.25, 0.3) is 0 Å². The lowest BCUT2D eigenvalue weighted by molar-refractivity contribution is -0.383.